The van der Waals surface area contributed by atoms with Crippen LogP contribution in [0.5, 0.6) is 0 Å². The molecule has 0 spiro atoms. The first-order valence-electron chi connectivity index (χ1n) is 5.81. The van der Waals surface area contributed by atoms with E-state index in [-0.39, 0.29) is 0 Å². The number of aliphatic hydroxyl groups is 1. The molecule has 3 nitrogen and oxygen atoms in total. The summed E-state index contributed by atoms with van der Waals surface area (Å²) in [6.45, 7) is 4.02. The van der Waals surface area contributed by atoms with Gasteiger partial charge in [0, 0.05) is 19.2 Å². The molecule has 0 amide bonds. The zero-order valence-electron chi connectivity index (χ0n) is 10.5. The topological polar surface area (TPSA) is 38.0 Å². The zero-order chi connectivity index (χ0) is 12.4. The van der Waals surface area contributed by atoms with Crippen LogP contribution >= 0.6 is 0 Å². The molecule has 2 aromatic rings. The summed E-state index contributed by atoms with van der Waals surface area (Å²) < 4.78 is 1.86. The Morgan fingerprint density at radius 3 is 2.41 bits per heavy atom. The van der Waals surface area contributed by atoms with Gasteiger partial charge in [0.15, 0.2) is 0 Å². The van der Waals surface area contributed by atoms with Crippen molar-refractivity contribution in [3.05, 3.63) is 52.8 Å². The van der Waals surface area contributed by atoms with Crippen LogP contribution < -0.4 is 0 Å². The number of aromatic nitrogens is 2. The second-order valence-corrected chi connectivity index (χ2v) is 4.40. The fourth-order valence-electron chi connectivity index (χ4n) is 2.10. The first-order valence-corrected chi connectivity index (χ1v) is 5.81. The van der Waals surface area contributed by atoms with Crippen LogP contribution in [0.4, 0.5) is 0 Å². The highest BCUT2D eigenvalue weighted by molar-refractivity contribution is 5.27. The first kappa shape index (κ1) is 11.9. The number of rotatable bonds is 3. The molecule has 2 rings (SSSR count). The van der Waals surface area contributed by atoms with Gasteiger partial charge in [0.25, 0.3) is 0 Å². The molecule has 0 aliphatic carbocycles. The number of hydrogen-bond acceptors (Lipinski definition) is 2. The van der Waals surface area contributed by atoms with Crippen LogP contribution in [0.1, 0.15) is 28.6 Å². The number of nitrogens with zero attached hydrogens (tertiary/aromatic N) is 2. The highest BCUT2D eigenvalue weighted by atomic mass is 16.3. The lowest BCUT2D eigenvalue weighted by atomic mass is 10.0. The van der Waals surface area contributed by atoms with Crippen molar-refractivity contribution >= 4 is 0 Å². The normalized spacial score (nSPS) is 12.7. The average Bonchev–Trinajstić information content (AvgIpc) is 2.57. The van der Waals surface area contributed by atoms with Gasteiger partial charge in [-0.2, -0.15) is 5.10 Å². The van der Waals surface area contributed by atoms with Gasteiger partial charge in [-0.15, -0.1) is 0 Å². The molecule has 0 fully saturated rings. The molecule has 0 radical (unpaired) electrons. The smallest absolute Gasteiger partial charge is 0.0831 e. The molecule has 17 heavy (non-hydrogen) atoms. The summed E-state index contributed by atoms with van der Waals surface area (Å²) in [6.07, 6.45) is 0.160. The molecule has 1 aromatic carbocycles. The van der Waals surface area contributed by atoms with Crippen molar-refractivity contribution in [1.82, 2.24) is 9.78 Å². The third kappa shape index (κ3) is 2.39. The molecule has 90 valence electrons. The Balaban J connectivity index is 2.22. The lowest BCUT2D eigenvalue weighted by Crippen LogP contribution is -2.03. The van der Waals surface area contributed by atoms with E-state index in [0.29, 0.717) is 6.42 Å². The number of benzene rings is 1. The molecule has 1 heterocycles. The number of aliphatic hydroxyl groups excluding tert-OH is 1. The minimum atomic E-state index is -0.460. The van der Waals surface area contributed by atoms with E-state index in [2.05, 4.69) is 5.10 Å². The van der Waals surface area contributed by atoms with E-state index < -0.39 is 6.10 Å². The molecule has 0 aliphatic rings. The fourth-order valence-corrected chi connectivity index (χ4v) is 2.10. The molecule has 1 atom stereocenters. The van der Waals surface area contributed by atoms with Crippen molar-refractivity contribution in [1.29, 1.82) is 0 Å². The minimum absolute atomic E-state index is 0.460. The quantitative estimate of drug-likeness (QED) is 0.878. The van der Waals surface area contributed by atoms with Gasteiger partial charge in [-0.05, 0) is 25.0 Å². The summed E-state index contributed by atoms with van der Waals surface area (Å²) >= 11 is 0. The van der Waals surface area contributed by atoms with E-state index in [4.69, 9.17) is 0 Å². The van der Waals surface area contributed by atoms with Gasteiger partial charge in [-0.25, -0.2) is 0 Å². The van der Waals surface area contributed by atoms with Gasteiger partial charge in [0.2, 0.25) is 0 Å². The third-order valence-corrected chi connectivity index (χ3v) is 3.24. The van der Waals surface area contributed by atoms with E-state index in [1.807, 2.05) is 55.9 Å². The predicted octanol–water partition coefficient (Wildman–Crippen LogP) is 2.31. The van der Waals surface area contributed by atoms with E-state index >= 15 is 0 Å². The van der Waals surface area contributed by atoms with Gasteiger partial charge < -0.3 is 5.11 Å². The van der Waals surface area contributed by atoms with Crippen molar-refractivity contribution in [2.45, 2.75) is 26.4 Å². The zero-order valence-corrected chi connectivity index (χ0v) is 10.5. The lowest BCUT2D eigenvalue weighted by Gasteiger charge is -2.11. The summed E-state index contributed by atoms with van der Waals surface area (Å²) in [5.74, 6) is 0. The highest BCUT2D eigenvalue weighted by Crippen LogP contribution is 2.22. The molecular weight excluding hydrogens is 212 g/mol. The number of aryl methyl sites for hydroxylation is 2. The summed E-state index contributed by atoms with van der Waals surface area (Å²) in [5, 5.41) is 14.6. The van der Waals surface area contributed by atoms with Crippen molar-refractivity contribution in [3.63, 3.8) is 0 Å². The summed E-state index contributed by atoms with van der Waals surface area (Å²) in [7, 11) is 1.93. The van der Waals surface area contributed by atoms with Crippen molar-refractivity contribution in [2.75, 3.05) is 0 Å². The second-order valence-electron chi connectivity index (χ2n) is 4.40. The molecular formula is C14H18N2O. The molecule has 0 saturated heterocycles. The van der Waals surface area contributed by atoms with Crippen LogP contribution in [0, 0.1) is 13.8 Å². The molecule has 1 aromatic heterocycles. The highest BCUT2D eigenvalue weighted by Gasteiger charge is 2.15. The Kier molecular flexibility index (Phi) is 3.29. The maximum absolute atomic E-state index is 10.2. The minimum Gasteiger partial charge on any atom is -0.388 e. The predicted molar refractivity (Wildman–Crippen MR) is 67.8 cm³/mol. The number of hydrogen-bond donors (Lipinski definition) is 1. The summed E-state index contributed by atoms with van der Waals surface area (Å²) in [5.41, 5.74) is 4.22. The Hall–Kier alpha value is -1.61. The fraction of sp³-hybridized carbons (Fsp3) is 0.357. The Morgan fingerprint density at radius 2 is 1.88 bits per heavy atom. The Morgan fingerprint density at radius 1 is 1.24 bits per heavy atom. The van der Waals surface area contributed by atoms with Crippen LogP contribution in [0.2, 0.25) is 0 Å². The lowest BCUT2D eigenvalue weighted by molar-refractivity contribution is 0.178. The average molecular weight is 230 g/mol. The molecule has 1 N–H and O–H groups in total. The monoisotopic (exact) mass is 230 g/mol. The SMILES string of the molecule is Cc1nn(C)c(C)c1CC(O)c1ccccc1. The third-order valence-electron chi connectivity index (χ3n) is 3.24. The van der Waals surface area contributed by atoms with E-state index in [1.165, 1.54) is 0 Å². The van der Waals surface area contributed by atoms with Gasteiger partial charge in [0.05, 0.1) is 11.8 Å². The van der Waals surface area contributed by atoms with Crippen LogP contribution in [0.15, 0.2) is 30.3 Å². The standard InChI is InChI=1S/C14H18N2O/c1-10-13(11(2)16(3)15-10)9-14(17)12-7-5-4-6-8-12/h4-8,14,17H,9H2,1-3H3. The van der Waals surface area contributed by atoms with E-state index in [0.717, 1.165) is 22.5 Å². The second kappa shape index (κ2) is 4.72. The van der Waals surface area contributed by atoms with Gasteiger partial charge in [0.1, 0.15) is 0 Å². The van der Waals surface area contributed by atoms with Crippen LogP contribution in [-0.2, 0) is 13.5 Å². The Bertz CT molecular complexity index is 502. The van der Waals surface area contributed by atoms with Gasteiger partial charge in [-0.3, -0.25) is 4.68 Å². The molecule has 0 aliphatic heterocycles. The maximum atomic E-state index is 10.2. The van der Waals surface area contributed by atoms with E-state index in [9.17, 15) is 5.11 Å². The summed E-state index contributed by atoms with van der Waals surface area (Å²) in [4.78, 5) is 0. The van der Waals surface area contributed by atoms with E-state index in [1.54, 1.807) is 0 Å². The molecule has 0 bridgehead atoms. The van der Waals surface area contributed by atoms with Gasteiger partial charge >= 0.3 is 0 Å². The van der Waals surface area contributed by atoms with Crippen molar-refractivity contribution < 1.29 is 5.11 Å². The van der Waals surface area contributed by atoms with Gasteiger partial charge in [-0.1, -0.05) is 30.3 Å². The molecule has 3 heteroatoms. The Labute approximate surface area is 102 Å². The van der Waals surface area contributed by atoms with Crippen LogP contribution in [0.3, 0.4) is 0 Å². The summed E-state index contributed by atoms with van der Waals surface area (Å²) in [6, 6.07) is 9.75. The maximum Gasteiger partial charge on any atom is 0.0831 e. The van der Waals surface area contributed by atoms with Crippen molar-refractivity contribution in [3.8, 4) is 0 Å². The van der Waals surface area contributed by atoms with Crippen LogP contribution in [-0.4, -0.2) is 14.9 Å². The molecule has 0 saturated carbocycles. The molecule has 1 unspecified atom stereocenters. The van der Waals surface area contributed by atoms with Crippen LogP contribution in [0.25, 0.3) is 0 Å². The largest absolute Gasteiger partial charge is 0.388 e. The van der Waals surface area contributed by atoms with Crippen molar-refractivity contribution in [2.24, 2.45) is 7.05 Å². The first-order chi connectivity index (χ1) is 8.09.